The van der Waals surface area contributed by atoms with E-state index in [-0.39, 0.29) is 17.4 Å². The number of aromatic nitrogens is 3. The Kier molecular flexibility index (Phi) is 6.97. The van der Waals surface area contributed by atoms with Gasteiger partial charge in [-0.2, -0.15) is 0 Å². The molecule has 8 nitrogen and oxygen atoms in total. The van der Waals surface area contributed by atoms with E-state index in [1.165, 1.54) is 18.0 Å². The third kappa shape index (κ3) is 5.94. The molecule has 3 rings (SSSR count). The van der Waals surface area contributed by atoms with Crippen molar-refractivity contribution in [1.29, 1.82) is 0 Å². The predicted octanol–water partition coefficient (Wildman–Crippen LogP) is 1.20. The van der Waals surface area contributed by atoms with Gasteiger partial charge in [0.2, 0.25) is 5.91 Å². The number of hydrogen-bond donors (Lipinski definition) is 0. The van der Waals surface area contributed by atoms with Crippen molar-refractivity contribution in [2.75, 3.05) is 50.5 Å². The van der Waals surface area contributed by atoms with E-state index in [1.54, 1.807) is 17.0 Å². The van der Waals surface area contributed by atoms with E-state index in [2.05, 4.69) is 15.1 Å². The Balaban J connectivity index is 1.50. The third-order valence-electron chi connectivity index (χ3n) is 4.43. The second kappa shape index (κ2) is 9.25. The number of carbonyl (C=O) groups excluding carboxylic acids is 1. The number of amides is 1. The van der Waals surface area contributed by atoms with Crippen LogP contribution in [-0.2, 0) is 14.6 Å². The number of carbonyl (C=O) groups is 1. The summed E-state index contributed by atoms with van der Waals surface area (Å²) in [6, 6.07) is 7.35. The molecule has 1 fully saturated rings. The van der Waals surface area contributed by atoms with Crippen LogP contribution in [0.5, 0.6) is 0 Å². The van der Waals surface area contributed by atoms with Crippen LogP contribution in [0.4, 0.5) is 0 Å². The zero-order valence-electron chi connectivity index (χ0n) is 15.5. The average Bonchev–Trinajstić information content (AvgIpc) is 3.13. The van der Waals surface area contributed by atoms with Gasteiger partial charge in [-0.3, -0.25) is 14.3 Å². The molecular weight excluding hydrogens is 422 g/mol. The highest BCUT2D eigenvalue weighted by Crippen LogP contribution is 2.22. The molecule has 0 aliphatic carbocycles. The number of hydrogen-bond acceptors (Lipinski definition) is 7. The van der Waals surface area contributed by atoms with E-state index in [1.807, 2.05) is 23.1 Å². The lowest BCUT2D eigenvalue weighted by atomic mass is 10.3. The van der Waals surface area contributed by atoms with Crippen LogP contribution < -0.4 is 0 Å². The molecule has 0 N–H and O–H groups in total. The topological polar surface area (TPSA) is 88.4 Å². The van der Waals surface area contributed by atoms with Crippen LogP contribution in [-0.4, -0.2) is 89.4 Å². The van der Waals surface area contributed by atoms with Crippen molar-refractivity contribution in [1.82, 2.24) is 24.6 Å². The zero-order chi connectivity index (χ0) is 20.1. The van der Waals surface area contributed by atoms with Crippen molar-refractivity contribution in [3.8, 4) is 5.69 Å². The van der Waals surface area contributed by atoms with Gasteiger partial charge in [0, 0.05) is 44.0 Å². The summed E-state index contributed by atoms with van der Waals surface area (Å²) < 4.78 is 24.4. The predicted molar refractivity (Wildman–Crippen MR) is 110 cm³/mol. The van der Waals surface area contributed by atoms with E-state index in [0.29, 0.717) is 42.9 Å². The molecule has 0 spiro atoms. The van der Waals surface area contributed by atoms with Gasteiger partial charge < -0.3 is 4.90 Å². The van der Waals surface area contributed by atoms with Crippen LogP contribution in [0.3, 0.4) is 0 Å². The molecule has 1 aliphatic rings. The third-order valence-corrected chi connectivity index (χ3v) is 6.52. The van der Waals surface area contributed by atoms with Gasteiger partial charge in [0.25, 0.3) is 0 Å². The Morgan fingerprint density at radius 1 is 1.25 bits per heavy atom. The van der Waals surface area contributed by atoms with E-state index in [9.17, 15) is 13.2 Å². The first kappa shape index (κ1) is 21.1. The largest absolute Gasteiger partial charge is 0.339 e. The van der Waals surface area contributed by atoms with Crippen molar-refractivity contribution in [2.24, 2.45) is 0 Å². The van der Waals surface area contributed by atoms with Crippen molar-refractivity contribution in [3.05, 3.63) is 35.6 Å². The highest BCUT2D eigenvalue weighted by Gasteiger charge is 2.22. The molecule has 0 unspecified atom stereocenters. The van der Waals surface area contributed by atoms with Gasteiger partial charge in [0.1, 0.15) is 16.2 Å². The minimum absolute atomic E-state index is 0.0356. The van der Waals surface area contributed by atoms with Crippen molar-refractivity contribution in [2.45, 2.75) is 5.16 Å². The van der Waals surface area contributed by atoms with Crippen molar-refractivity contribution >= 4 is 39.1 Å². The molecule has 11 heteroatoms. The minimum Gasteiger partial charge on any atom is -0.339 e. The van der Waals surface area contributed by atoms with E-state index in [0.717, 1.165) is 5.69 Å². The Bertz CT molecular complexity index is 926. The van der Waals surface area contributed by atoms with Gasteiger partial charge in [0.15, 0.2) is 5.16 Å². The summed E-state index contributed by atoms with van der Waals surface area (Å²) in [5.41, 5.74) is 0.840. The van der Waals surface area contributed by atoms with E-state index < -0.39 is 9.84 Å². The molecule has 1 saturated heterocycles. The number of piperazine rings is 1. The summed E-state index contributed by atoms with van der Waals surface area (Å²) >= 11 is 7.38. The standard InChI is InChI=1S/C17H22ClN5O3S2/c1-28(25,26)10-9-21-5-7-22(8-6-21)16(24)12-27-17-20-19-13-23(17)15-4-2-3-14(18)11-15/h2-4,11,13H,5-10,12H2,1H3. The van der Waals surface area contributed by atoms with Crippen LogP contribution in [0.15, 0.2) is 35.7 Å². The van der Waals surface area contributed by atoms with Crippen LogP contribution in [0.2, 0.25) is 5.02 Å². The molecule has 0 radical (unpaired) electrons. The fourth-order valence-electron chi connectivity index (χ4n) is 2.86. The Labute approximate surface area is 173 Å². The number of benzene rings is 1. The van der Waals surface area contributed by atoms with Crippen LogP contribution in [0.25, 0.3) is 5.69 Å². The number of rotatable bonds is 7. The van der Waals surface area contributed by atoms with Gasteiger partial charge in [-0.1, -0.05) is 29.4 Å². The Morgan fingerprint density at radius 3 is 2.68 bits per heavy atom. The molecular formula is C17H22ClN5O3S2. The summed E-state index contributed by atoms with van der Waals surface area (Å²) in [6.07, 6.45) is 2.84. The molecule has 2 heterocycles. The Morgan fingerprint density at radius 2 is 2.00 bits per heavy atom. The summed E-state index contributed by atoms with van der Waals surface area (Å²) in [6.45, 7) is 3.09. The highest BCUT2D eigenvalue weighted by atomic mass is 35.5. The number of nitrogens with zero attached hydrogens (tertiary/aromatic N) is 5. The fraction of sp³-hybridized carbons (Fsp3) is 0.471. The van der Waals surface area contributed by atoms with Gasteiger partial charge in [-0.15, -0.1) is 10.2 Å². The molecule has 28 heavy (non-hydrogen) atoms. The number of sulfone groups is 1. The lowest BCUT2D eigenvalue weighted by Gasteiger charge is -2.34. The maximum Gasteiger partial charge on any atom is 0.233 e. The lowest BCUT2D eigenvalue weighted by Crippen LogP contribution is -2.50. The molecule has 0 atom stereocenters. The van der Waals surface area contributed by atoms with Crippen LogP contribution >= 0.6 is 23.4 Å². The molecule has 1 amide bonds. The molecule has 1 aliphatic heterocycles. The van der Waals surface area contributed by atoms with Gasteiger partial charge in [0.05, 0.1) is 17.2 Å². The average molecular weight is 444 g/mol. The van der Waals surface area contributed by atoms with E-state index >= 15 is 0 Å². The zero-order valence-corrected chi connectivity index (χ0v) is 17.9. The van der Waals surface area contributed by atoms with Crippen LogP contribution in [0, 0.1) is 0 Å². The summed E-state index contributed by atoms with van der Waals surface area (Å²) in [7, 11) is -2.97. The van der Waals surface area contributed by atoms with Crippen molar-refractivity contribution < 1.29 is 13.2 Å². The molecule has 1 aromatic heterocycles. The molecule has 0 bridgehead atoms. The normalized spacial score (nSPS) is 15.7. The van der Waals surface area contributed by atoms with Crippen LogP contribution in [0.1, 0.15) is 0 Å². The first-order chi connectivity index (χ1) is 13.3. The second-order valence-electron chi connectivity index (χ2n) is 6.60. The summed E-state index contributed by atoms with van der Waals surface area (Å²) in [4.78, 5) is 16.4. The summed E-state index contributed by atoms with van der Waals surface area (Å²) in [5.74, 6) is 0.451. The quantitative estimate of drug-likeness (QED) is 0.594. The lowest BCUT2D eigenvalue weighted by molar-refractivity contribution is -0.130. The van der Waals surface area contributed by atoms with E-state index in [4.69, 9.17) is 11.6 Å². The Hall–Kier alpha value is -1.62. The van der Waals surface area contributed by atoms with Gasteiger partial charge in [-0.25, -0.2) is 8.42 Å². The molecule has 152 valence electrons. The van der Waals surface area contributed by atoms with Gasteiger partial charge in [-0.05, 0) is 18.2 Å². The van der Waals surface area contributed by atoms with Crippen molar-refractivity contribution in [3.63, 3.8) is 0 Å². The second-order valence-corrected chi connectivity index (χ2v) is 10.2. The maximum atomic E-state index is 12.5. The SMILES string of the molecule is CS(=O)(=O)CCN1CCN(C(=O)CSc2nncn2-c2cccc(Cl)c2)CC1. The monoisotopic (exact) mass is 443 g/mol. The highest BCUT2D eigenvalue weighted by molar-refractivity contribution is 7.99. The first-order valence-corrected chi connectivity index (χ1v) is 12.2. The maximum absolute atomic E-state index is 12.5. The number of thioether (sulfide) groups is 1. The number of halogens is 1. The first-order valence-electron chi connectivity index (χ1n) is 8.78. The molecule has 1 aromatic carbocycles. The molecule has 2 aromatic rings. The summed E-state index contributed by atoms with van der Waals surface area (Å²) in [5, 5.41) is 9.28. The van der Waals surface area contributed by atoms with Gasteiger partial charge >= 0.3 is 0 Å². The molecule has 0 saturated carbocycles. The smallest absolute Gasteiger partial charge is 0.233 e. The minimum atomic E-state index is -2.97. The fourth-order valence-corrected chi connectivity index (χ4v) is 4.47.